The number of rotatable bonds is 1. The van der Waals surface area contributed by atoms with Crippen molar-refractivity contribution in [2.45, 2.75) is 82.1 Å². The summed E-state index contributed by atoms with van der Waals surface area (Å²) in [6.07, 6.45) is 1.06. The minimum absolute atomic E-state index is 0.0188. The van der Waals surface area contributed by atoms with Crippen LogP contribution in [0.2, 0.25) is 0 Å². The molecule has 0 unspecified atom stereocenters. The summed E-state index contributed by atoms with van der Waals surface area (Å²) in [6.45, 7) is 9.01. The number of fused-ring (bicyclic) bond motifs is 5. The van der Waals surface area contributed by atoms with Gasteiger partial charge in [0, 0.05) is 16.9 Å². The van der Waals surface area contributed by atoms with Crippen LogP contribution in [-0.4, -0.2) is 53.8 Å². The van der Waals surface area contributed by atoms with Gasteiger partial charge in [-0.15, -0.1) is 0 Å². The van der Waals surface area contributed by atoms with Gasteiger partial charge in [-0.05, 0) is 36.7 Å². The van der Waals surface area contributed by atoms with Crippen LogP contribution in [0.25, 0.3) is 0 Å². The zero-order valence-corrected chi connectivity index (χ0v) is 17.2. The zero-order valence-electron chi connectivity index (χ0n) is 17.2. The molecule has 7 aliphatic rings. The van der Waals surface area contributed by atoms with Crippen LogP contribution >= 0.6 is 0 Å². The van der Waals surface area contributed by atoms with Gasteiger partial charge < -0.3 is 23.7 Å². The smallest absolute Gasteiger partial charge is 0.458 e. The second-order valence-electron chi connectivity index (χ2n) is 10.7. The van der Waals surface area contributed by atoms with Crippen molar-refractivity contribution in [3.05, 3.63) is 11.1 Å². The highest BCUT2D eigenvalue weighted by atomic mass is 16.8. The molecule has 7 heteroatoms. The minimum Gasteiger partial charge on any atom is -0.458 e. The second-order valence-corrected chi connectivity index (χ2v) is 10.7. The lowest BCUT2D eigenvalue weighted by Gasteiger charge is -2.60. The average Bonchev–Trinajstić information content (AvgIpc) is 3.52. The monoisotopic (exact) mass is 402 g/mol. The molecule has 29 heavy (non-hydrogen) atoms. The Morgan fingerprint density at radius 2 is 1.93 bits per heavy atom. The van der Waals surface area contributed by atoms with Crippen LogP contribution in [0.4, 0.5) is 4.79 Å². The Labute approximate surface area is 169 Å². The van der Waals surface area contributed by atoms with E-state index in [2.05, 4.69) is 27.7 Å². The number of epoxide rings is 2. The van der Waals surface area contributed by atoms with E-state index in [1.165, 1.54) is 0 Å². The molecular weight excluding hydrogens is 376 g/mol. The van der Waals surface area contributed by atoms with Crippen LogP contribution in [0, 0.1) is 23.2 Å². The van der Waals surface area contributed by atoms with Gasteiger partial charge in [-0.25, -0.2) is 9.59 Å². The largest absolute Gasteiger partial charge is 0.509 e. The average molecular weight is 402 g/mol. The van der Waals surface area contributed by atoms with Crippen LogP contribution < -0.4 is 0 Å². The van der Waals surface area contributed by atoms with E-state index in [1.54, 1.807) is 0 Å². The fraction of sp³-hybridized carbons (Fsp3) is 0.818. The van der Waals surface area contributed by atoms with Crippen LogP contribution in [0.15, 0.2) is 11.1 Å². The molecule has 9 atom stereocenters. The lowest BCUT2D eigenvalue weighted by atomic mass is 9.43. The van der Waals surface area contributed by atoms with Gasteiger partial charge in [-0.3, -0.25) is 0 Å². The predicted molar refractivity (Wildman–Crippen MR) is 96.7 cm³/mol. The van der Waals surface area contributed by atoms with Gasteiger partial charge in [-0.2, -0.15) is 0 Å². The highest BCUT2D eigenvalue weighted by molar-refractivity contribution is 5.92. The first-order valence-corrected chi connectivity index (χ1v) is 10.9. The first-order valence-electron chi connectivity index (χ1n) is 10.9. The summed E-state index contributed by atoms with van der Waals surface area (Å²) in [5, 5.41) is 0. The van der Waals surface area contributed by atoms with Crippen LogP contribution in [0.5, 0.6) is 0 Å². The first kappa shape index (κ1) is 17.1. The molecule has 5 fully saturated rings. The van der Waals surface area contributed by atoms with Crippen molar-refractivity contribution in [2.75, 3.05) is 6.61 Å². The third kappa shape index (κ3) is 1.44. The van der Waals surface area contributed by atoms with Crippen molar-refractivity contribution in [2.24, 2.45) is 23.2 Å². The molecule has 2 spiro atoms. The van der Waals surface area contributed by atoms with Gasteiger partial charge in [0.05, 0.1) is 0 Å². The third-order valence-electron chi connectivity index (χ3n) is 9.64. The van der Waals surface area contributed by atoms with Gasteiger partial charge in [0.2, 0.25) is 0 Å². The summed E-state index contributed by atoms with van der Waals surface area (Å²) in [5.74, 6) is 0.214. The van der Waals surface area contributed by atoms with Crippen molar-refractivity contribution < 1.29 is 33.3 Å². The molecule has 0 N–H and O–H groups in total. The van der Waals surface area contributed by atoms with E-state index in [0.717, 1.165) is 24.0 Å². The molecule has 3 saturated heterocycles. The Balaban J connectivity index is 1.44. The Kier molecular flexibility index (Phi) is 2.67. The van der Waals surface area contributed by atoms with Crippen molar-refractivity contribution in [3.8, 4) is 0 Å². The second kappa shape index (κ2) is 4.52. The van der Waals surface area contributed by atoms with Crippen molar-refractivity contribution in [1.82, 2.24) is 0 Å². The van der Waals surface area contributed by atoms with Gasteiger partial charge in [-0.1, -0.05) is 27.7 Å². The van der Waals surface area contributed by atoms with Crippen molar-refractivity contribution >= 4 is 12.1 Å². The molecule has 2 saturated carbocycles. The van der Waals surface area contributed by atoms with Gasteiger partial charge in [0.15, 0.2) is 11.7 Å². The number of esters is 1. The van der Waals surface area contributed by atoms with Gasteiger partial charge in [0.1, 0.15) is 30.0 Å². The maximum atomic E-state index is 12.6. The van der Waals surface area contributed by atoms with Crippen molar-refractivity contribution in [1.29, 1.82) is 0 Å². The van der Waals surface area contributed by atoms with E-state index >= 15 is 0 Å². The SMILES string of the molecule is CC(C)[C@]12O[C@H]1[C@@H]1O[C@]13[C@@]1(OC(=O)O[C@H]21)[C@H](C)C[C@H]1C2=C(CC[C@@]13C)C(=O)OC2. The molecule has 0 aromatic carbocycles. The maximum absolute atomic E-state index is 12.6. The minimum atomic E-state index is -0.848. The molecule has 156 valence electrons. The number of hydrogen-bond acceptors (Lipinski definition) is 7. The van der Waals surface area contributed by atoms with Crippen molar-refractivity contribution in [3.63, 3.8) is 0 Å². The maximum Gasteiger partial charge on any atom is 0.509 e. The molecule has 0 radical (unpaired) electrons. The summed E-state index contributed by atoms with van der Waals surface area (Å²) in [5.41, 5.74) is -0.288. The lowest BCUT2D eigenvalue weighted by Crippen LogP contribution is -2.75. The van der Waals surface area contributed by atoms with Crippen LogP contribution in [0.3, 0.4) is 0 Å². The lowest BCUT2D eigenvalue weighted by molar-refractivity contribution is -0.193. The predicted octanol–water partition coefficient (Wildman–Crippen LogP) is 2.51. The normalized spacial score (nSPS) is 58.2. The number of carbonyl (C=O) groups is 2. The Morgan fingerprint density at radius 1 is 1.14 bits per heavy atom. The Bertz CT molecular complexity index is 924. The fourth-order valence-corrected chi connectivity index (χ4v) is 8.29. The molecule has 4 heterocycles. The molecule has 7 rings (SSSR count). The number of carbonyl (C=O) groups excluding carboxylic acids is 2. The highest BCUT2D eigenvalue weighted by Crippen LogP contribution is 2.80. The standard InChI is InChI=1S/C22H26O7/c1-9(2)20-14(27-20)15-22(28-15)19(4)6-5-11-12(8-25-16(11)23)13(19)7-10(3)21(22)17(20)26-18(24)29-21/h9-10,13-15,17H,5-8H2,1-4H3/t10-,13+,14+,15+,17-,19+,20+,21-,22-/m1/s1. The Morgan fingerprint density at radius 3 is 2.69 bits per heavy atom. The van der Waals surface area contributed by atoms with Crippen LogP contribution in [0.1, 0.15) is 47.0 Å². The first-order chi connectivity index (χ1) is 13.7. The van der Waals surface area contributed by atoms with Gasteiger partial charge >= 0.3 is 12.1 Å². The summed E-state index contributed by atoms with van der Waals surface area (Å²) >= 11 is 0. The Hall–Kier alpha value is -1.60. The van der Waals surface area contributed by atoms with E-state index in [9.17, 15) is 9.59 Å². The molecule has 0 aromatic rings. The van der Waals surface area contributed by atoms with Crippen LogP contribution in [-0.2, 0) is 28.5 Å². The van der Waals surface area contributed by atoms with E-state index in [0.29, 0.717) is 13.0 Å². The molecular formula is C22H26O7. The number of cyclic esters (lactones) is 1. The molecule has 0 amide bonds. The fourth-order valence-electron chi connectivity index (χ4n) is 8.29. The summed E-state index contributed by atoms with van der Waals surface area (Å²) < 4.78 is 30.4. The molecule has 4 aliphatic heterocycles. The summed E-state index contributed by atoms with van der Waals surface area (Å²) in [4.78, 5) is 24.8. The molecule has 3 aliphatic carbocycles. The van der Waals surface area contributed by atoms with E-state index in [4.69, 9.17) is 23.7 Å². The summed E-state index contributed by atoms with van der Waals surface area (Å²) in [7, 11) is 0. The zero-order chi connectivity index (χ0) is 20.1. The highest BCUT2D eigenvalue weighted by Gasteiger charge is 2.98. The number of ether oxygens (including phenoxy) is 5. The molecule has 0 aromatic heterocycles. The quantitative estimate of drug-likeness (QED) is 0.492. The number of hydrogen-bond donors (Lipinski definition) is 0. The molecule has 7 nitrogen and oxygen atoms in total. The summed E-state index contributed by atoms with van der Waals surface area (Å²) in [6, 6.07) is 0. The third-order valence-corrected chi connectivity index (χ3v) is 9.64. The van der Waals surface area contributed by atoms with E-state index in [1.807, 2.05) is 0 Å². The topological polar surface area (TPSA) is 86.9 Å². The van der Waals surface area contributed by atoms with E-state index < -0.39 is 29.1 Å². The van der Waals surface area contributed by atoms with E-state index in [-0.39, 0.29) is 41.3 Å². The molecule has 0 bridgehead atoms. The van der Waals surface area contributed by atoms with Gasteiger partial charge in [0.25, 0.3) is 0 Å².